The van der Waals surface area contributed by atoms with E-state index < -0.39 is 20.8 Å². The Morgan fingerprint density at radius 2 is 0.981 bits per heavy atom. The molecule has 0 saturated heterocycles. The summed E-state index contributed by atoms with van der Waals surface area (Å²) < 4.78 is 0. The van der Waals surface area contributed by atoms with Crippen molar-refractivity contribution >= 4 is 58.9 Å². The third-order valence-electron chi connectivity index (χ3n) is 8.59. The first kappa shape index (κ1) is 43.0. The molecule has 0 heterocycles. The molecule has 8 heteroatoms. The van der Waals surface area contributed by atoms with E-state index in [1.165, 1.54) is 66.1 Å². The zero-order valence-corrected chi connectivity index (χ0v) is 35.1. The van der Waals surface area contributed by atoms with Crippen LogP contribution in [-0.2, 0) is 56.1 Å². The van der Waals surface area contributed by atoms with E-state index in [-0.39, 0.29) is 0 Å². The summed E-state index contributed by atoms with van der Waals surface area (Å²) in [5.74, 6) is 1.40. The summed E-state index contributed by atoms with van der Waals surface area (Å²) in [7, 11) is 11.0. The van der Waals surface area contributed by atoms with Crippen molar-refractivity contribution in [3.63, 3.8) is 0 Å². The summed E-state index contributed by atoms with van der Waals surface area (Å²) in [6.45, 7) is 13.6. The van der Waals surface area contributed by atoms with Crippen molar-refractivity contribution in [3.8, 4) is 22.3 Å². The minimum atomic E-state index is -0.826. The molecule has 52 heavy (non-hydrogen) atoms. The topological polar surface area (TPSA) is 58.2 Å². The van der Waals surface area contributed by atoms with Gasteiger partial charge in [0.05, 0.1) is 0 Å². The third kappa shape index (κ3) is 12.9. The molecule has 0 aliphatic carbocycles. The fraction of sp³-hybridized carbons (Fsp3) is 0.273. The van der Waals surface area contributed by atoms with Gasteiger partial charge in [-0.3, -0.25) is 9.59 Å². The van der Waals surface area contributed by atoms with E-state index in [2.05, 4.69) is 161 Å². The molecular weight excluding hydrogens is 761 g/mol. The number of hydrogen-bond donors (Lipinski definition) is 2. The molecule has 0 spiro atoms. The molecule has 2 amide bonds. The van der Waals surface area contributed by atoms with Crippen LogP contribution in [0.3, 0.4) is 0 Å². The molecule has 0 saturated carbocycles. The van der Waals surface area contributed by atoms with E-state index >= 15 is 0 Å². The fourth-order valence-corrected chi connectivity index (χ4v) is 6.54. The van der Waals surface area contributed by atoms with Crippen molar-refractivity contribution in [2.75, 3.05) is 0 Å². The SMILES string of the molecule is CCc1ccccc1-c1cccc2[cH-]c(CC(C)C)cc12.CCc1ccccc1-c1cccc2[cH-]c(CC(C)C)cc12.O=CN[B]NC=O.[Cl][Zr+2][Cl]. The Morgan fingerprint density at radius 1 is 0.615 bits per heavy atom. The first-order valence-electron chi connectivity index (χ1n) is 17.9. The minimum absolute atomic E-state index is 0.455. The van der Waals surface area contributed by atoms with Crippen LogP contribution in [-0.4, -0.2) is 20.4 Å². The zero-order chi connectivity index (χ0) is 37.9. The summed E-state index contributed by atoms with van der Waals surface area (Å²) >= 11 is -0.826. The van der Waals surface area contributed by atoms with Crippen molar-refractivity contribution < 1.29 is 30.4 Å². The van der Waals surface area contributed by atoms with Crippen LogP contribution < -0.4 is 10.5 Å². The third-order valence-corrected chi connectivity index (χ3v) is 8.59. The monoisotopic (exact) mass is 809 g/mol. The van der Waals surface area contributed by atoms with Gasteiger partial charge >= 0.3 is 45.4 Å². The Morgan fingerprint density at radius 3 is 1.33 bits per heavy atom. The van der Waals surface area contributed by atoms with Crippen molar-refractivity contribution in [2.45, 2.75) is 67.2 Å². The quantitative estimate of drug-likeness (QED) is 0.0560. The first-order valence-corrected chi connectivity index (χ1v) is 24.2. The average Bonchev–Trinajstić information content (AvgIpc) is 3.75. The van der Waals surface area contributed by atoms with Gasteiger partial charge in [-0.25, -0.2) is 0 Å². The number of carbonyl (C=O) groups excluding carboxylic acids is 2. The standard InChI is InChI=1S/2C21H23.C2H4BN2O2.2ClH.Zr/c2*1-4-17-8-5-6-10-19(17)20-11-7-9-18-13-16(12-15(2)3)14-21(18)20;6-1-4-3-5-2-7;;;/h2*5-11,13-15H,4,12H2,1-3H3;1-2H,(H,4,6)(H,5,7);2*1H;/q2*-1;;;;+4/p-2. The summed E-state index contributed by atoms with van der Waals surface area (Å²) in [6.07, 6.45) is 5.37. The van der Waals surface area contributed by atoms with Gasteiger partial charge in [-0.2, -0.15) is 12.1 Å². The Kier molecular flexibility index (Phi) is 19.2. The Bertz CT molecular complexity index is 1830. The van der Waals surface area contributed by atoms with Gasteiger partial charge in [-0.15, -0.1) is 69.1 Å². The second-order valence-electron chi connectivity index (χ2n) is 13.3. The first-order chi connectivity index (χ1) is 25.2. The van der Waals surface area contributed by atoms with Crippen LogP contribution >= 0.6 is 17.0 Å². The van der Waals surface area contributed by atoms with Crippen LogP contribution in [0.15, 0.2) is 109 Å². The molecule has 0 aliphatic rings. The van der Waals surface area contributed by atoms with Gasteiger partial charge in [0.1, 0.15) is 0 Å². The van der Waals surface area contributed by atoms with Crippen molar-refractivity contribution in [3.05, 3.63) is 131 Å². The van der Waals surface area contributed by atoms with Crippen LogP contribution in [0.2, 0.25) is 0 Å². The molecule has 6 aromatic rings. The number of benzene rings is 4. The van der Waals surface area contributed by atoms with E-state index in [1.54, 1.807) is 0 Å². The summed E-state index contributed by atoms with van der Waals surface area (Å²) in [6, 6.07) is 40.4. The second kappa shape index (κ2) is 23.3. The number of halogens is 2. The van der Waals surface area contributed by atoms with Gasteiger partial charge in [0.25, 0.3) is 0 Å². The van der Waals surface area contributed by atoms with Crippen LogP contribution in [0.4, 0.5) is 0 Å². The molecule has 6 rings (SSSR count). The Hall–Kier alpha value is -3.43. The molecule has 4 nitrogen and oxygen atoms in total. The van der Waals surface area contributed by atoms with E-state index in [4.69, 9.17) is 17.0 Å². The fourth-order valence-electron chi connectivity index (χ4n) is 6.54. The molecule has 0 fully saturated rings. The van der Waals surface area contributed by atoms with Crippen LogP contribution in [0.25, 0.3) is 43.8 Å². The molecular formula is C44H50BCl2N2O2Zr. The van der Waals surface area contributed by atoms with E-state index in [0.717, 1.165) is 33.2 Å². The molecule has 2 N–H and O–H groups in total. The van der Waals surface area contributed by atoms with Crippen LogP contribution in [0, 0.1) is 11.8 Å². The number of rotatable bonds is 12. The van der Waals surface area contributed by atoms with Gasteiger partial charge in [-0.05, 0) is 59.8 Å². The molecule has 269 valence electrons. The van der Waals surface area contributed by atoms with Gasteiger partial charge in [0.15, 0.2) is 12.8 Å². The number of carbonyl (C=O) groups is 2. The summed E-state index contributed by atoms with van der Waals surface area (Å²) in [5, 5.41) is 9.74. The number of fused-ring (bicyclic) bond motifs is 2. The predicted molar refractivity (Wildman–Crippen MR) is 222 cm³/mol. The van der Waals surface area contributed by atoms with Crippen LogP contribution in [0.5, 0.6) is 0 Å². The van der Waals surface area contributed by atoms with Crippen molar-refractivity contribution in [1.82, 2.24) is 10.5 Å². The van der Waals surface area contributed by atoms with Crippen LogP contribution in [0.1, 0.15) is 63.8 Å². The maximum absolute atomic E-state index is 9.38. The number of amides is 2. The second-order valence-corrected chi connectivity index (χ2v) is 17.1. The normalized spacial score (nSPS) is 10.3. The maximum atomic E-state index is 9.38. The molecule has 0 unspecified atom stereocenters. The average molecular weight is 812 g/mol. The summed E-state index contributed by atoms with van der Waals surface area (Å²) in [5.41, 5.74) is 11.3. The molecule has 1 radical (unpaired) electrons. The molecule has 0 atom stereocenters. The number of hydrogen-bond acceptors (Lipinski definition) is 2. The van der Waals surface area contributed by atoms with Gasteiger partial charge in [0, 0.05) is 0 Å². The zero-order valence-electron chi connectivity index (χ0n) is 31.2. The Labute approximate surface area is 330 Å². The number of aryl methyl sites for hydroxylation is 2. The number of nitrogens with one attached hydrogen (secondary N) is 2. The summed E-state index contributed by atoms with van der Waals surface area (Å²) in [4.78, 5) is 18.8. The molecule has 0 bridgehead atoms. The molecule has 0 aliphatic heterocycles. The van der Waals surface area contributed by atoms with Crippen molar-refractivity contribution in [2.24, 2.45) is 11.8 Å². The van der Waals surface area contributed by atoms with E-state index in [0.29, 0.717) is 24.7 Å². The van der Waals surface area contributed by atoms with E-state index in [1.807, 2.05) is 0 Å². The predicted octanol–water partition coefficient (Wildman–Crippen LogP) is 11.4. The van der Waals surface area contributed by atoms with Gasteiger partial charge in [-0.1, -0.05) is 113 Å². The molecule has 6 aromatic carbocycles. The van der Waals surface area contributed by atoms with Gasteiger partial charge < -0.3 is 10.5 Å². The Balaban J connectivity index is 0.000000224. The van der Waals surface area contributed by atoms with E-state index in [9.17, 15) is 9.59 Å². The molecule has 0 aromatic heterocycles. The van der Waals surface area contributed by atoms with Crippen molar-refractivity contribution in [1.29, 1.82) is 0 Å². The van der Waals surface area contributed by atoms with Gasteiger partial charge in [0.2, 0.25) is 0 Å².